The van der Waals surface area contributed by atoms with Gasteiger partial charge in [0.1, 0.15) is 0 Å². The van der Waals surface area contributed by atoms with Crippen molar-refractivity contribution in [3.05, 3.63) is 16.9 Å². The molecule has 0 fully saturated rings. The third kappa shape index (κ3) is 2.04. The molecule has 0 amide bonds. The van der Waals surface area contributed by atoms with Crippen LogP contribution in [0.1, 0.15) is 19.9 Å². The zero-order valence-corrected chi connectivity index (χ0v) is 8.12. The van der Waals surface area contributed by atoms with Crippen LogP contribution in [-0.4, -0.2) is 21.0 Å². The van der Waals surface area contributed by atoms with Crippen molar-refractivity contribution in [2.24, 2.45) is 0 Å². The molecule has 0 radical (unpaired) electrons. The Morgan fingerprint density at radius 3 is 2.64 bits per heavy atom. The maximum absolute atomic E-state index is 9.21. The average Bonchev–Trinajstić information content (AvgIpc) is 2.34. The van der Waals surface area contributed by atoms with E-state index in [4.69, 9.17) is 0 Å². The predicted octanol–water partition coefficient (Wildman–Crippen LogP) is 1.59. The van der Waals surface area contributed by atoms with Crippen LogP contribution in [0.25, 0.3) is 0 Å². The minimum absolute atomic E-state index is 0.0290. The van der Waals surface area contributed by atoms with Gasteiger partial charge in [-0.05, 0) is 29.8 Å². The lowest BCUT2D eigenvalue weighted by molar-refractivity contribution is 0.132. The Kier molecular flexibility index (Phi) is 2.67. The first-order valence-corrected chi connectivity index (χ1v) is 4.28. The van der Waals surface area contributed by atoms with Gasteiger partial charge < -0.3 is 5.11 Å². The fourth-order valence-electron chi connectivity index (χ4n) is 0.759. The van der Waals surface area contributed by atoms with Gasteiger partial charge in [0.25, 0.3) is 0 Å². The molecule has 62 valence electrons. The van der Waals surface area contributed by atoms with Crippen LogP contribution >= 0.6 is 15.9 Å². The minimum atomic E-state index is -0.373. The Labute approximate surface area is 74.2 Å². The fourth-order valence-corrected chi connectivity index (χ4v) is 1.06. The summed E-state index contributed by atoms with van der Waals surface area (Å²) in [6.45, 7) is 3.67. The summed E-state index contributed by atoms with van der Waals surface area (Å²) in [6.07, 6.45) is 3.18. The first kappa shape index (κ1) is 8.74. The molecule has 1 N–H and O–H groups in total. The van der Waals surface area contributed by atoms with Crippen LogP contribution in [-0.2, 0) is 0 Å². The second kappa shape index (κ2) is 3.36. The maximum atomic E-state index is 9.21. The summed E-state index contributed by atoms with van der Waals surface area (Å²) in [5.74, 6) is 0. The smallest absolute Gasteiger partial charge is 0.0747 e. The van der Waals surface area contributed by atoms with Crippen molar-refractivity contribution >= 4 is 15.9 Å². The number of aliphatic hydroxyl groups is 1. The summed E-state index contributed by atoms with van der Waals surface area (Å²) >= 11 is 3.28. The number of rotatable bonds is 2. The standard InChI is InChI=1S/C7H11BrN2O/c1-5(6(2)11)10-4-7(8)3-9-10/h3-6,11H,1-2H3/t5-,6+/m0/s1. The van der Waals surface area contributed by atoms with Crippen molar-refractivity contribution in [1.82, 2.24) is 9.78 Å². The van der Waals surface area contributed by atoms with E-state index in [9.17, 15) is 5.11 Å². The van der Waals surface area contributed by atoms with Crippen molar-refractivity contribution < 1.29 is 5.11 Å². The van der Waals surface area contributed by atoms with Gasteiger partial charge in [0.2, 0.25) is 0 Å². The van der Waals surface area contributed by atoms with Crippen LogP contribution in [0, 0.1) is 0 Å². The molecule has 2 atom stereocenters. The molecule has 0 saturated heterocycles. The first-order chi connectivity index (χ1) is 5.11. The van der Waals surface area contributed by atoms with Crippen LogP contribution in [0.4, 0.5) is 0 Å². The first-order valence-electron chi connectivity index (χ1n) is 3.49. The Morgan fingerprint density at radius 2 is 2.27 bits per heavy atom. The number of nitrogens with zero attached hydrogens (tertiary/aromatic N) is 2. The maximum Gasteiger partial charge on any atom is 0.0747 e. The number of aliphatic hydroxyl groups excluding tert-OH is 1. The molecular formula is C7H11BrN2O. The topological polar surface area (TPSA) is 38.0 Å². The predicted molar refractivity (Wildman–Crippen MR) is 46.3 cm³/mol. The van der Waals surface area contributed by atoms with E-state index in [0.717, 1.165) is 4.47 Å². The zero-order chi connectivity index (χ0) is 8.43. The van der Waals surface area contributed by atoms with E-state index in [0.29, 0.717) is 0 Å². The number of aromatic nitrogens is 2. The van der Waals surface area contributed by atoms with Gasteiger partial charge in [-0.1, -0.05) is 0 Å². The summed E-state index contributed by atoms with van der Waals surface area (Å²) in [5.41, 5.74) is 0. The summed E-state index contributed by atoms with van der Waals surface area (Å²) in [7, 11) is 0. The Morgan fingerprint density at radius 1 is 1.64 bits per heavy atom. The summed E-state index contributed by atoms with van der Waals surface area (Å²) in [4.78, 5) is 0. The monoisotopic (exact) mass is 218 g/mol. The Balaban J connectivity index is 2.76. The van der Waals surface area contributed by atoms with Crippen LogP contribution in [0.2, 0.25) is 0 Å². The summed E-state index contributed by atoms with van der Waals surface area (Å²) in [6, 6.07) is 0.0290. The van der Waals surface area contributed by atoms with Crippen molar-refractivity contribution in [2.75, 3.05) is 0 Å². The third-order valence-electron chi connectivity index (χ3n) is 1.69. The molecule has 0 aromatic carbocycles. The van der Waals surface area contributed by atoms with E-state index in [1.807, 2.05) is 13.1 Å². The summed E-state index contributed by atoms with van der Waals surface area (Å²) < 4.78 is 2.67. The van der Waals surface area contributed by atoms with Crippen LogP contribution in [0.5, 0.6) is 0 Å². The number of halogens is 1. The molecule has 1 heterocycles. The molecule has 3 nitrogen and oxygen atoms in total. The van der Waals surface area contributed by atoms with Gasteiger partial charge in [-0.15, -0.1) is 0 Å². The number of hydrogen-bond donors (Lipinski definition) is 1. The van der Waals surface area contributed by atoms with Gasteiger partial charge in [-0.25, -0.2) is 0 Å². The highest BCUT2D eigenvalue weighted by atomic mass is 79.9. The minimum Gasteiger partial charge on any atom is -0.391 e. The van der Waals surface area contributed by atoms with Crippen LogP contribution < -0.4 is 0 Å². The van der Waals surface area contributed by atoms with E-state index < -0.39 is 0 Å². The van der Waals surface area contributed by atoms with Gasteiger partial charge in [0.15, 0.2) is 0 Å². The normalized spacial score (nSPS) is 16.4. The van der Waals surface area contributed by atoms with Crippen LogP contribution in [0.15, 0.2) is 16.9 Å². The molecule has 11 heavy (non-hydrogen) atoms. The van der Waals surface area contributed by atoms with Crippen molar-refractivity contribution in [1.29, 1.82) is 0 Å². The van der Waals surface area contributed by atoms with E-state index in [1.54, 1.807) is 17.8 Å². The Hall–Kier alpha value is -0.350. The molecule has 1 aromatic heterocycles. The molecule has 0 aliphatic heterocycles. The van der Waals surface area contributed by atoms with E-state index in [1.165, 1.54) is 0 Å². The van der Waals surface area contributed by atoms with Gasteiger partial charge in [0.05, 0.1) is 22.8 Å². The number of hydrogen-bond acceptors (Lipinski definition) is 2. The van der Waals surface area contributed by atoms with Gasteiger partial charge in [-0.3, -0.25) is 4.68 Å². The average molecular weight is 219 g/mol. The largest absolute Gasteiger partial charge is 0.391 e. The fraction of sp³-hybridized carbons (Fsp3) is 0.571. The van der Waals surface area contributed by atoms with Crippen molar-refractivity contribution in [2.45, 2.75) is 26.0 Å². The van der Waals surface area contributed by atoms with Crippen molar-refractivity contribution in [3.8, 4) is 0 Å². The van der Waals surface area contributed by atoms with Gasteiger partial charge >= 0.3 is 0 Å². The van der Waals surface area contributed by atoms with E-state index >= 15 is 0 Å². The molecule has 4 heteroatoms. The zero-order valence-electron chi connectivity index (χ0n) is 6.53. The second-order valence-corrected chi connectivity index (χ2v) is 3.54. The molecule has 0 spiro atoms. The highest BCUT2D eigenvalue weighted by Gasteiger charge is 2.10. The lowest BCUT2D eigenvalue weighted by Gasteiger charge is -2.14. The molecule has 1 rings (SSSR count). The van der Waals surface area contributed by atoms with Crippen LogP contribution in [0.3, 0.4) is 0 Å². The van der Waals surface area contributed by atoms with Crippen molar-refractivity contribution in [3.63, 3.8) is 0 Å². The summed E-state index contributed by atoms with van der Waals surface area (Å²) in [5, 5.41) is 13.3. The Bertz CT molecular complexity index is 234. The van der Waals surface area contributed by atoms with E-state index in [2.05, 4.69) is 21.0 Å². The second-order valence-electron chi connectivity index (χ2n) is 2.62. The quantitative estimate of drug-likeness (QED) is 0.820. The van der Waals surface area contributed by atoms with E-state index in [-0.39, 0.29) is 12.1 Å². The third-order valence-corrected chi connectivity index (χ3v) is 2.09. The lowest BCUT2D eigenvalue weighted by Crippen LogP contribution is -2.18. The SMILES string of the molecule is C[C@@H](O)[C@H](C)n1cc(Br)cn1. The lowest BCUT2D eigenvalue weighted by atomic mass is 10.2. The molecular weight excluding hydrogens is 208 g/mol. The highest BCUT2D eigenvalue weighted by Crippen LogP contribution is 2.13. The highest BCUT2D eigenvalue weighted by molar-refractivity contribution is 9.10. The molecule has 0 saturated carbocycles. The molecule has 0 aliphatic rings. The molecule has 0 bridgehead atoms. The van der Waals surface area contributed by atoms with Gasteiger partial charge in [0, 0.05) is 6.20 Å². The molecule has 0 aliphatic carbocycles. The molecule has 0 unspecified atom stereocenters. The molecule has 1 aromatic rings. The van der Waals surface area contributed by atoms with Gasteiger partial charge in [-0.2, -0.15) is 5.10 Å².